The van der Waals surface area contributed by atoms with Crippen molar-refractivity contribution >= 4 is 17.5 Å². The first-order chi connectivity index (χ1) is 13.1. The summed E-state index contributed by atoms with van der Waals surface area (Å²) in [6, 6.07) is 0. The van der Waals surface area contributed by atoms with Crippen LogP contribution in [0.2, 0.25) is 0 Å². The van der Waals surface area contributed by atoms with E-state index in [1.807, 2.05) is 0 Å². The summed E-state index contributed by atoms with van der Waals surface area (Å²) in [5.41, 5.74) is 6.82. The number of aromatic nitrogens is 4. The maximum absolute atomic E-state index is 12.5. The summed E-state index contributed by atoms with van der Waals surface area (Å²) in [5, 5.41) is 0. The van der Waals surface area contributed by atoms with Crippen molar-refractivity contribution < 1.29 is 4.79 Å². The van der Waals surface area contributed by atoms with Crippen LogP contribution < -0.4 is 10.6 Å². The normalized spacial score (nSPS) is 18.3. The van der Waals surface area contributed by atoms with Gasteiger partial charge in [-0.05, 0) is 26.4 Å². The Labute approximate surface area is 158 Å². The number of nitrogens with two attached hydrogens (primary N) is 1. The average molecular weight is 370 g/mol. The zero-order chi connectivity index (χ0) is 18.8. The molecule has 27 heavy (non-hydrogen) atoms. The standard InChI is InChI=1S/C18H26N8O/c1-24-8-10-25(11-9-24)6-2-3-7-26-14(27)12-13-15(19)22-17(23-18(13)26)16-20-4-5-21-16/h4-5H,2-3,6-12H2,1H3,(H,20,21)(H2,19,22,23). The number of aromatic amines is 1. The maximum Gasteiger partial charge on any atom is 0.232 e. The molecule has 9 nitrogen and oxygen atoms in total. The number of anilines is 2. The smallest absolute Gasteiger partial charge is 0.232 e. The number of amides is 1. The molecular formula is C18H26N8O. The van der Waals surface area contributed by atoms with Crippen LogP contribution in [-0.4, -0.2) is 82.0 Å². The monoisotopic (exact) mass is 370 g/mol. The predicted octanol–water partition coefficient (Wildman–Crippen LogP) is 0.366. The highest BCUT2D eigenvalue weighted by Gasteiger charge is 2.32. The Balaban J connectivity index is 1.39. The third kappa shape index (κ3) is 3.79. The minimum absolute atomic E-state index is 0.0437. The number of fused-ring (bicyclic) bond motifs is 1. The summed E-state index contributed by atoms with van der Waals surface area (Å²) in [5.74, 6) is 2.02. The number of hydrogen-bond acceptors (Lipinski definition) is 7. The number of unbranched alkanes of at least 4 members (excludes halogenated alkanes) is 1. The first-order valence-corrected chi connectivity index (χ1v) is 9.49. The van der Waals surface area contributed by atoms with E-state index in [1.54, 1.807) is 17.3 Å². The molecule has 2 aromatic rings. The number of nitrogens with one attached hydrogen (secondary N) is 1. The van der Waals surface area contributed by atoms with Crippen molar-refractivity contribution in [2.75, 3.05) is 56.9 Å². The fourth-order valence-electron chi connectivity index (χ4n) is 3.65. The van der Waals surface area contributed by atoms with Gasteiger partial charge in [0, 0.05) is 50.7 Å². The Morgan fingerprint density at radius 2 is 1.93 bits per heavy atom. The fraction of sp³-hybridized carbons (Fsp3) is 0.556. The second-order valence-electron chi connectivity index (χ2n) is 7.25. The average Bonchev–Trinajstić information content (AvgIpc) is 3.29. The van der Waals surface area contributed by atoms with Gasteiger partial charge in [0.05, 0.1) is 6.42 Å². The number of likely N-dealkylation sites (N-methyl/N-ethyl adjacent to an activating group) is 1. The molecule has 0 unspecified atom stereocenters. The van der Waals surface area contributed by atoms with Crippen molar-refractivity contribution in [3.05, 3.63) is 18.0 Å². The number of imidazole rings is 1. The van der Waals surface area contributed by atoms with Gasteiger partial charge in [0.15, 0.2) is 11.6 Å². The lowest BCUT2D eigenvalue weighted by Crippen LogP contribution is -2.44. The Morgan fingerprint density at radius 1 is 1.15 bits per heavy atom. The van der Waals surface area contributed by atoms with Gasteiger partial charge < -0.3 is 20.5 Å². The Bertz CT molecular complexity index is 798. The molecule has 2 aliphatic rings. The molecule has 1 amide bonds. The molecule has 1 saturated heterocycles. The van der Waals surface area contributed by atoms with Gasteiger partial charge in [0.2, 0.25) is 5.91 Å². The van der Waals surface area contributed by atoms with E-state index < -0.39 is 0 Å². The molecule has 9 heteroatoms. The number of rotatable bonds is 6. The summed E-state index contributed by atoms with van der Waals surface area (Å²) in [6.45, 7) is 6.24. The van der Waals surface area contributed by atoms with Gasteiger partial charge in [-0.2, -0.15) is 0 Å². The van der Waals surface area contributed by atoms with Gasteiger partial charge in [-0.3, -0.25) is 9.69 Å². The van der Waals surface area contributed by atoms with Crippen molar-refractivity contribution in [3.8, 4) is 11.6 Å². The van der Waals surface area contributed by atoms with E-state index in [2.05, 4.69) is 36.8 Å². The number of carbonyl (C=O) groups is 1. The zero-order valence-electron chi connectivity index (χ0n) is 15.7. The van der Waals surface area contributed by atoms with E-state index in [0.29, 0.717) is 29.8 Å². The second-order valence-corrected chi connectivity index (χ2v) is 7.25. The topological polar surface area (TPSA) is 107 Å². The van der Waals surface area contributed by atoms with E-state index in [4.69, 9.17) is 5.73 Å². The molecule has 0 radical (unpaired) electrons. The molecule has 0 aliphatic carbocycles. The molecule has 0 atom stereocenters. The van der Waals surface area contributed by atoms with Crippen molar-refractivity contribution in [3.63, 3.8) is 0 Å². The number of H-pyrrole nitrogens is 1. The van der Waals surface area contributed by atoms with Gasteiger partial charge in [-0.1, -0.05) is 0 Å². The lowest BCUT2D eigenvalue weighted by atomic mass is 10.2. The van der Waals surface area contributed by atoms with Gasteiger partial charge in [0.1, 0.15) is 11.6 Å². The van der Waals surface area contributed by atoms with Crippen molar-refractivity contribution in [2.45, 2.75) is 19.3 Å². The molecule has 4 heterocycles. The fourth-order valence-corrected chi connectivity index (χ4v) is 3.65. The summed E-state index contributed by atoms with van der Waals surface area (Å²) in [4.78, 5) is 35.1. The Kier molecular flexibility index (Phi) is 5.04. The lowest BCUT2D eigenvalue weighted by Gasteiger charge is -2.32. The Morgan fingerprint density at radius 3 is 2.67 bits per heavy atom. The first-order valence-electron chi connectivity index (χ1n) is 9.49. The minimum Gasteiger partial charge on any atom is -0.383 e. The van der Waals surface area contributed by atoms with Crippen LogP contribution in [0.3, 0.4) is 0 Å². The third-order valence-electron chi connectivity index (χ3n) is 5.31. The van der Waals surface area contributed by atoms with E-state index in [-0.39, 0.29) is 12.3 Å². The van der Waals surface area contributed by atoms with Crippen LogP contribution in [0.25, 0.3) is 11.6 Å². The second kappa shape index (κ2) is 7.61. The summed E-state index contributed by atoms with van der Waals surface area (Å²) >= 11 is 0. The molecule has 0 saturated carbocycles. The van der Waals surface area contributed by atoms with E-state index >= 15 is 0 Å². The molecule has 2 aromatic heterocycles. The Hall–Kier alpha value is -2.52. The first kappa shape index (κ1) is 17.9. The SMILES string of the molecule is CN1CCN(CCCCN2C(=O)Cc3c(N)nc(-c4ncc[nH]4)nc32)CC1. The molecule has 144 valence electrons. The molecule has 3 N–H and O–H groups in total. The lowest BCUT2D eigenvalue weighted by molar-refractivity contribution is -0.117. The molecule has 2 aliphatic heterocycles. The van der Waals surface area contributed by atoms with Crippen LogP contribution >= 0.6 is 0 Å². The number of nitrogens with zero attached hydrogens (tertiary/aromatic N) is 6. The predicted molar refractivity (Wildman–Crippen MR) is 103 cm³/mol. The molecular weight excluding hydrogens is 344 g/mol. The van der Waals surface area contributed by atoms with Crippen molar-refractivity contribution in [2.24, 2.45) is 0 Å². The van der Waals surface area contributed by atoms with Crippen LogP contribution in [0.15, 0.2) is 12.4 Å². The number of carbonyl (C=O) groups excluding carboxylic acids is 1. The van der Waals surface area contributed by atoms with Crippen LogP contribution in [0.4, 0.5) is 11.6 Å². The summed E-state index contributed by atoms with van der Waals surface area (Å²) in [6.07, 6.45) is 5.64. The maximum atomic E-state index is 12.5. The van der Waals surface area contributed by atoms with Crippen LogP contribution in [0, 0.1) is 0 Å². The highest BCUT2D eigenvalue weighted by atomic mass is 16.2. The highest BCUT2D eigenvalue weighted by molar-refractivity contribution is 6.01. The van der Waals surface area contributed by atoms with Gasteiger partial charge in [-0.15, -0.1) is 0 Å². The van der Waals surface area contributed by atoms with Crippen molar-refractivity contribution in [1.29, 1.82) is 0 Å². The van der Waals surface area contributed by atoms with Crippen LogP contribution in [-0.2, 0) is 11.2 Å². The van der Waals surface area contributed by atoms with E-state index in [9.17, 15) is 4.79 Å². The molecule has 0 bridgehead atoms. The number of nitrogen functional groups attached to an aromatic ring is 1. The van der Waals surface area contributed by atoms with Gasteiger partial charge in [-0.25, -0.2) is 15.0 Å². The van der Waals surface area contributed by atoms with Crippen molar-refractivity contribution in [1.82, 2.24) is 29.7 Å². The quantitative estimate of drug-likeness (QED) is 0.707. The summed E-state index contributed by atoms with van der Waals surface area (Å²) in [7, 11) is 2.16. The summed E-state index contributed by atoms with van der Waals surface area (Å²) < 4.78 is 0. The minimum atomic E-state index is 0.0437. The molecule has 1 fully saturated rings. The van der Waals surface area contributed by atoms with E-state index in [1.165, 1.54) is 0 Å². The zero-order valence-corrected chi connectivity index (χ0v) is 15.7. The molecule has 4 rings (SSSR count). The largest absolute Gasteiger partial charge is 0.383 e. The molecule has 0 aromatic carbocycles. The van der Waals surface area contributed by atoms with Gasteiger partial charge in [0.25, 0.3) is 0 Å². The molecule has 0 spiro atoms. The third-order valence-corrected chi connectivity index (χ3v) is 5.31. The number of piperazine rings is 1. The number of hydrogen-bond donors (Lipinski definition) is 2. The van der Waals surface area contributed by atoms with Gasteiger partial charge >= 0.3 is 0 Å². The highest BCUT2D eigenvalue weighted by Crippen LogP contribution is 2.32. The van der Waals surface area contributed by atoms with E-state index in [0.717, 1.165) is 51.1 Å². The van der Waals surface area contributed by atoms with Crippen LogP contribution in [0.5, 0.6) is 0 Å². The van der Waals surface area contributed by atoms with Crippen LogP contribution in [0.1, 0.15) is 18.4 Å².